The Balaban J connectivity index is 1.92. The van der Waals surface area contributed by atoms with Gasteiger partial charge in [0.05, 0.1) is 6.42 Å². The van der Waals surface area contributed by atoms with Crippen molar-refractivity contribution in [2.45, 2.75) is 6.42 Å². The third-order valence-corrected chi connectivity index (χ3v) is 2.98. The number of carbonyl (C=O) groups is 1. The fourth-order valence-electron chi connectivity index (χ4n) is 1.35. The predicted molar refractivity (Wildman–Crippen MR) is 71.3 cm³/mol. The van der Waals surface area contributed by atoms with Crippen LogP contribution in [0.25, 0.3) is 0 Å². The second kappa shape index (κ2) is 5.97. The molecule has 1 heterocycles. The lowest BCUT2D eigenvalue weighted by Gasteiger charge is -2.00. The number of benzene rings is 1. The van der Waals surface area contributed by atoms with Crippen molar-refractivity contribution >= 4 is 23.1 Å². The van der Waals surface area contributed by atoms with Crippen molar-refractivity contribution in [3.63, 3.8) is 0 Å². The molecule has 0 spiro atoms. The third kappa shape index (κ3) is 3.43. The highest BCUT2D eigenvalue weighted by Crippen LogP contribution is 2.07. The van der Waals surface area contributed by atoms with Crippen molar-refractivity contribution in [1.29, 1.82) is 0 Å². The van der Waals surface area contributed by atoms with Crippen molar-refractivity contribution in [3.05, 3.63) is 58.3 Å². The Morgan fingerprint density at radius 3 is 2.72 bits per heavy atom. The van der Waals surface area contributed by atoms with Gasteiger partial charge in [0, 0.05) is 5.56 Å². The number of oxime groups is 1. The number of rotatable bonds is 4. The molecule has 0 aliphatic heterocycles. The Morgan fingerprint density at radius 2 is 2.06 bits per heavy atom. The van der Waals surface area contributed by atoms with Crippen molar-refractivity contribution < 1.29 is 9.63 Å². The number of hydrogen-bond acceptors (Lipinski definition) is 4. The first-order valence-electron chi connectivity index (χ1n) is 5.35. The summed E-state index contributed by atoms with van der Waals surface area (Å²) in [5, 5.41) is 7.42. The maximum absolute atomic E-state index is 11.5. The highest BCUT2D eigenvalue weighted by atomic mass is 32.1. The van der Waals surface area contributed by atoms with Crippen molar-refractivity contribution in [1.82, 2.24) is 0 Å². The van der Waals surface area contributed by atoms with E-state index in [2.05, 4.69) is 5.16 Å². The van der Waals surface area contributed by atoms with Gasteiger partial charge in [-0.2, -0.15) is 11.3 Å². The van der Waals surface area contributed by atoms with E-state index in [9.17, 15) is 4.79 Å². The van der Waals surface area contributed by atoms with Crippen LogP contribution in [0.5, 0.6) is 0 Å². The number of carbonyl (C=O) groups excluding carboxylic acids is 1. The van der Waals surface area contributed by atoms with Gasteiger partial charge in [0.15, 0.2) is 5.84 Å². The summed E-state index contributed by atoms with van der Waals surface area (Å²) in [6.07, 6.45) is 0.203. The van der Waals surface area contributed by atoms with Crippen LogP contribution < -0.4 is 5.73 Å². The van der Waals surface area contributed by atoms with Gasteiger partial charge in [-0.1, -0.05) is 35.5 Å². The molecule has 0 saturated heterocycles. The summed E-state index contributed by atoms with van der Waals surface area (Å²) in [5.74, 6) is -0.235. The Bertz CT molecular complexity index is 535. The van der Waals surface area contributed by atoms with Crippen LogP contribution in [0.15, 0.2) is 52.3 Å². The van der Waals surface area contributed by atoms with E-state index in [0.29, 0.717) is 0 Å². The van der Waals surface area contributed by atoms with Crippen LogP contribution in [0.3, 0.4) is 0 Å². The van der Waals surface area contributed by atoms with Crippen molar-refractivity contribution in [3.8, 4) is 0 Å². The zero-order valence-electron chi connectivity index (χ0n) is 9.58. The molecule has 0 aliphatic carbocycles. The lowest BCUT2D eigenvalue weighted by Crippen LogP contribution is -2.15. The van der Waals surface area contributed by atoms with Crippen molar-refractivity contribution in [2.75, 3.05) is 0 Å². The summed E-state index contributed by atoms with van der Waals surface area (Å²) in [6.45, 7) is 0. The largest absolute Gasteiger partial charge is 0.380 e. The quantitative estimate of drug-likeness (QED) is 0.396. The molecule has 0 bridgehead atoms. The van der Waals surface area contributed by atoms with Gasteiger partial charge in [0.1, 0.15) is 0 Å². The van der Waals surface area contributed by atoms with Crippen LogP contribution in [0.4, 0.5) is 0 Å². The van der Waals surface area contributed by atoms with Crippen LogP contribution in [0.2, 0.25) is 0 Å². The first-order valence-corrected chi connectivity index (χ1v) is 6.30. The summed E-state index contributed by atoms with van der Waals surface area (Å²) < 4.78 is 0. The average molecular weight is 260 g/mol. The van der Waals surface area contributed by atoms with E-state index in [1.165, 1.54) is 11.3 Å². The average Bonchev–Trinajstić information content (AvgIpc) is 2.90. The van der Waals surface area contributed by atoms with Gasteiger partial charge in [0.2, 0.25) is 0 Å². The summed E-state index contributed by atoms with van der Waals surface area (Å²) in [7, 11) is 0. The number of amidine groups is 1. The second-order valence-corrected chi connectivity index (χ2v) is 4.39. The molecule has 0 saturated carbocycles. The molecular formula is C13H12N2O2S. The molecule has 1 aromatic heterocycles. The van der Waals surface area contributed by atoms with Crippen LogP contribution in [0.1, 0.15) is 11.1 Å². The van der Waals surface area contributed by atoms with Crippen LogP contribution in [-0.2, 0) is 16.1 Å². The molecule has 2 aromatic rings. The summed E-state index contributed by atoms with van der Waals surface area (Å²) >= 11 is 1.53. The van der Waals surface area contributed by atoms with E-state index in [1.807, 2.05) is 35.0 Å². The van der Waals surface area contributed by atoms with Gasteiger partial charge >= 0.3 is 5.97 Å². The van der Waals surface area contributed by atoms with E-state index in [0.717, 1.165) is 11.1 Å². The molecule has 0 amide bonds. The first kappa shape index (κ1) is 12.3. The zero-order valence-corrected chi connectivity index (χ0v) is 10.4. The Morgan fingerprint density at radius 1 is 1.28 bits per heavy atom. The molecule has 0 atom stereocenters. The molecule has 2 rings (SSSR count). The van der Waals surface area contributed by atoms with Gasteiger partial charge in [-0.05, 0) is 22.4 Å². The van der Waals surface area contributed by atoms with Gasteiger partial charge in [-0.15, -0.1) is 0 Å². The molecule has 2 N–H and O–H groups in total. The fraction of sp³-hybridized carbons (Fsp3) is 0.0769. The minimum absolute atomic E-state index is 0.189. The first-order chi connectivity index (χ1) is 8.75. The second-order valence-electron chi connectivity index (χ2n) is 3.61. The minimum atomic E-state index is -0.424. The van der Waals surface area contributed by atoms with E-state index in [1.54, 1.807) is 12.1 Å². The van der Waals surface area contributed by atoms with E-state index in [4.69, 9.17) is 10.6 Å². The Labute approximate surface area is 109 Å². The van der Waals surface area contributed by atoms with Crippen LogP contribution in [-0.4, -0.2) is 11.8 Å². The lowest BCUT2D eigenvalue weighted by atomic mass is 10.2. The molecule has 92 valence electrons. The normalized spacial score (nSPS) is 11.2. The standard InChI is InChI=1S/C13H12N2O2S/c14-13(11-4-2-1-3-5-11)15-17-12(16)8-10-6-7-18-9-10/h1-7,9H,8H2,(H2,14,15). The molecule has 5 heteroatoms. The maximum atomic E-state index is 11.5. The van der Waals surface area contributed by atoms with Crippen molar-refractivity contribution in [2.24, 2.45) is 10.9 Å². The summed E-state index contributed by atoms with van der Waals surface area (Å²) in [5.41, 5.74) is 7.33. The van der Waals surface area contributed by atoms with E-state index >= 15 is 0 Å². The lowest BCUT2D eigenvalue weighted by molar-refractivity contribution is -0.142. The van der Waals surface area contributed by atoms with Gasteiger partial charge < -0.3 is 10.6 Å². The zero-order chi connectivity index (χ0) is 12.8. The molecular weight excluding hydrogens is 248 g/mol. The molecule has 18 heavy (non-hydrogen) atoms. The third-order valence-electron chi connectivity index (χ3n) is 2.24. The number of nitrogens with zero attached hydrogens (tertiary/aromatic N) is 1. The van der Waals surface area contributed by atoms with Crippen LogP contribution in [0, 0.1) is 0 Å². The molecule has 0 fully saturated rings. The maximum Gasteiger partial charge on any atom is 0.339 e. The van der Waals surface area contributed by atoms with Gasteiger partial charge in [-0.25, -0.2) is 4.79 Å². The fourth-order valence-corrected chi connectivity index (χ4v) is 2.02. The highest BCUT2D eigenvalue weighted by Gasteiger charge is 2.06. The molecule has 0 unspecified atom stereocenters. The van der Waals surface area contributed by atoms with E-state index < -0.39 is 5.97 Å². The molecule has 1 aromatic carbocycles. The Kier molecular flexibility index (Phi) is 4.09. The SMILES string of the molecule is N/C(=N\OC(=O)Cc1ccsc1)c1ccccc1. The molecule has 4 nitrogen and oxygen atoms in total. The number of hydrogen-bond donors (Lipinski definition) is 1. The Hall–Kier alpha value is -2.14. The number of nitrogens with two attached hydrogens (primary N) is 1. The number of thiophene rings is 1. The summed E-state index contributed by atoms with van der Waals surface area (Å²) in [4.78, 5) is 16.2. The van der Waals surface area contributed by atoms with E-state index in [-0.39, 0.29) is 12.3 Å². The minimum Gasteiger partial charge on any atom is -0.380 e. The predicted octanol–water partition coefficient (Wildman–Crippen LogP) is 2.15. The molecule has 0 radical (unpaired) electrons. The summed E-state index contributed by atoms with van der Waals surface area (Å²) in [6, 6.07) is 11.0. The smallest absolute Gasteiger partial charge is 0.339 e. The molecule has 0 aliphatic rings. The van der Waals surface area contributed by atoms with Gasteiger partial charge in [0.25, 0.3) is 0 Å². The highest BCUT2D eigenvalue weighted by molar-refractivity contribution is 7.07. The van der Waals surface area contributed by atoms with Crippen LogP contribution >= 0.6 is 11.3 Å². The monoisotopic (exact) mass is 260 g/mol. The topological polar surface area (TPSA) is 64.7 Å². The van der Waals surface area contributed by atoms with Gasteiger partial charge in [-0.3, -0.25) is 0 Å².